The van der Waals surface area contributed by atoms with Crippen molar-refractivity contribution < 1.29 is 18.3 Å². The van der Waals surface area contributed by atoms with Gasteiger partial charge in [0.05, 0.1) is 6.54 Å². The summed E-state index contributed by atoms with van der Waals surface area (Å²) < 4.78 is 26.8. The third-order valence-corrected chi connectivity index (χ3v) is 5.43. The summed E-state index contributed by atoms with van der Waals surface area (Å²) in [5.74, 6) is 1.29. The topological polar surface area (TPSA) is 69.3 Å². The lowest BCUT2D eigenvalue weighted by Gasteiger charge is -2.08. The number of amides is 1. The highest BCUT2D eigenvalue weighted by Crippen LogP contribution is 2.21. The molecule has 0 atom stereocenters. The molecule has 2 aromatic carbocycles. The summed E-state index contributed by atoms with van der Waals surface area (Å²) in [5.41, 5.74) is 1.56. The minimum absolute atomic E-state index is 0.135. The molecule has 0 aliphatic carbocycles. The maximum atomic E-state index is 14.0. The van der Waals surface area contributed by atoms with E-state index in [-0.39, 0.29) is 18.9 Å². The molecule has 2 aromatic heterocycles. The second-order valence-corrected chi connectivity index (χ2v) is 8.24. The van der Waals surface area contributed by atoms with Crippen molar-refractivity contribution in [2.45, 2.75) is 32.9 Å². The quantitative estimate of drug-likeness (QED) is 0.331. The number of hydrogen-bond acceptors (Lipinski definition) is 4. The number of ether oxygens (including phenoxy) is 1. The molecule has 2 heterocycles. The normalized spacial score (nSPS) is 11.1. The van der Waals surface area contributed by atoms with E-state index in [1.54, 1.807) is 36.5 Å². The Balaban J connectivity index is 1.33. The maximum Gasteiger partial charge on any atom is 0.292 e. The Bertz CT molecular complexity index is 1230. The molecule has 8 heteroatoms. The predicted octanol–water partition coefficient (Wildman–Crippen LogP) is 6.27. The molecular formula is C25H23ClFN3O3. The van der Waals surface area contributed by atoms with E-state index in [9.17, 15) is 9.18 Å². The number of halogens is 2. The number of hydrogen-bond donors (Lipinski definition) is 1. The van der Waals surface area contributed by atoms with Crippen LogP contribution in [-0.4, -0.2) is 15.7 Å². The molecule has 0 unspecified atom stereocenters. The summed E-state index contributed by atoms with van der Waals surface area (Å²) in [6, 6.07) is 17.3. The molecule has 4 rings (SSSR count). The first kappa shape index (κ1) is 22.6. The number of carbonyl (C=O) groups excluding carboxylic acids is 1. The Morgan fingerprint density at radius 3 is 2.67 bits per heavy atom. The van der Waals surface area contributed by atoms with Crippen LogP contribution in [0.2, 0.25) is 5.02 Å². The average Bonchev–Trinajstić information content (AvgIpc) is 3.45. The molecule has 0 radical (unpaired) electrons. The molecule has 0 spiro atoms. The van der Waals surface area contributed by atoms with Gasteiger partial charge in [-0.15, -0.1) is 0 Å². The molecule has 0 fully saturated rings. The van der Waals surface area contributed by atoms with Crippen LogP contribution in [0.5, 0.6) is 5.75 Å². The van der Waals surface area contributed by atoms with E-state index in [4.69, 9.17) is 20.8 Å². The summed E-state index contributed by atoms with van der Waals surface area (Å²) in [4.78, 5) is 12.5. The van der Waals surface area contributed by atoms with Crippen LogP contribution in [0.3, 0.4) is 0 Å². The van der Waals surface area contributed by atoms with Gasteiger partial charge in [0.1, 0.15) is 23.9 Å². The van der Waals surface area contributed by atoms with Crippen molar-refractivity contribution >= 4 is 23.3 Å². The fourth-order valence-electron chi connectivity index (χ4n) is 3.22. The van der Waals surface area contributed by atoms with Gasteiger partial charge in [-0.3, -0.25) is 9.48 Å². The number of carbonyl (C=O) groups is 1. The summed E-state index contributed by atoms with van der Waals surface area (Å²) in [7, 11) is 0. The van der Waals surface area contributed by atoms with Crippen molar-refractivity contribution in [2.24, 2.45) is 0 Å². The minimum atomic E-state index is -0.447. The molecule has 0 bridgehead atoms. The molecule has 0 saturated carbocycles. The van der Waals surface area contributed by atoms with Gasteiger partial charge >= 0.3 is 0 Å². The number of aromatic nitrogens is 2. The van der Waals surface area contributed by atoms with Crippen molar-refractivity contribution in [1.82, 2.24) is 9.78 Å². The largest absolute Gasteiger partial charge is 0.486 e. The van der Waals surface area contributed by atoms with Gasteiger partial charge in [-0.05, 0) is 47.9 Å². The number of furan rings is 1. The number of nitrogens with one attached hydrogen (secondary N) is 1. The third-order valence-electron chi connectivity index (χ3n) is 5.08. The Hall–Kier alpha value is -3.58. The molecule has 1 N–H and O–H groups in total. The first-order chi connectivity index (χ1) is 15.9. The van der Waals surface area contributed by atoms with Gasteiger partial charge in [-0.1, -0.05) is 43.6 Å². The van der Waals surface area contributed by atoms with Gasteiger partial charge in [0, 0.05) is 22.8 Å². The molecule has 0 aliphatic rings. The zero-order valence-corrected chi connectivity index (χ0v) is 19.0. The molecule has 4 aromatic rings. The van der Waals surface area contributed by atoms with Gasteiger partial charge in [-0.25, -0.2) is 4.39 Å². The smallest absolute Gasteiger partial charge is 0.292 e. The predicted molar refractivity (Wildman–Crippen MR) is 124 cm³/mol. The standard InChI is InChI=1S/C25H23ClFN3O3/c1-16(2)17-6-8-18(9-7-17)32-15-19-10-11-23(33-19)25(31)28-24-12-13-30(29-24)14-20-21(26)4-3-5-22(20)27/h3-13,16H,14-15H2,1-2H3,(H,28,29,31). The van der Waals surface area contributed by atoms with Crippen LogP contribution in [-0.2, 0) is 13.2 Å². The molecule has 0 aliphatic heterocycles. The van der Waals surface area contributed by atoms with E-state index in [1.165, 1.54) is 16.3 Å². The van der Waals surface area contributed by atoms with Gasteiger partial charge < -0.3 is 14.5 Å². The van der Waals surface area contributed by atoms with Crippen LogP contribution in [0, 0.1) is 5.82 Å². The highest BCUT2D eigenvalue weighted by molar-refractivity contribution is 6.31. The summed E-state index contributed by atoms with van der Waals surface area (Å²) in [6.45, 7) is 4.61. The van der Waals surface area contributed by atoms with Crippen molar-refractivity contribution in [1.29, 1.82) is 0 Å². The second-order valence-electron chi connectivity index (χ2n) is 7.83. The Kier molecular flexibility index (Phi) is 6.79. The first-order valence-electron chi connectivity index (χ1n) is 10.5. The van der Waals surface area contributed by atoms with Crippen molar-refractivity contribution in [2.75, 3.05) is 5.32 Å². The van der Waals surface area contributed by atoms with E-state index in [1.807, 2.05) is 24.3 Å². The number of nitrogens with zero attached hydrogens (tertiary/aromatic N) is 2. The van der Waals surface area contributed by atoms with Crippen LogP contribution in [0.1, 0.15) is 47.2 Å². The lowest BCUT2D eigenvalue weighted by Crippen LogP contribution is -2.12. The van der Waals surface area contributed by atoms with Crippen LogP contribution < -0.4 is 10.1 Å². The summed E-state index contributed by atoms with van der Waals surface area (Å²) in [5, 5.41) is 7.23. The Morgan fingerprint density at radius 2 is 1.94 bits per heavy atom. The zero-order valence-electron chi connectivity index (χ0n) is 18.2. The van der Waals surface area contributed by atoms with Gasteiger partial charge in [0.15, 0.2) is 11.6 Å². The molecule has 170 valence electrons. The monoisotopic (exact) mass is 467 g/mol. The first-order valence-corrected chi connectivity index (χ1v) is 10.9. The van der Waals surface area contributed by atoms with Crippen LogP contribution in [0.4, 0.5) is 10.2 Å². The second kappa shape index (κ2) is 9.92. The zero-order chi connectivity index (χ0) is 23.4. The SMILES string of the molecule is CC(C)c1ccc(OCc2ccc(C(=O)Nc3ccn(Cc4c(F)cccc4Cl)n3)o2)cc1. The highest BCUT2D eigenvalue weighted by atomic mass is 35.5. The lowest BCUT2D eigenvalue weighted by molar-refractivity contribution is 0.0992. The van der Waals surface area contributed by atoms with Crippen molar-refractivity contribution in [3.05, 3.63) is 100 Å². The van der Waals surface area contributed by atoms with E-state index < -0.39 is 11.7 Å². The third kappa shape index (κ3) is 5.62. The molecule has 0 saturated heterocycles. The maximum absolute atomic E-state index is 14.0. The van der Waals surface area contributed by atoms with E-state index in [0.29, 0.717) is 28.1 Å². The fourth-order valence-corrected chi connectivity index (χ4v) is 3.44. The van der Waals surface area contributed by atoms with Gasteiger partial charge in [0.25, 0.3) is 5.91 Å². The molecule has 6 nitrogen and oxygen atoms in total. The van der Waals surface area contributed by atoms with Crippen molar-refractivity contribution in [3.8, 4) is 5.75 Å². The fraction of sp³-hybridized carbons (Fsp3) is 0.200. The Morgan fingerprint density at radius 1 is 1.15 bits per heavy atom. The van der Waals surface area contributed by atoms with E-state index in [0.717, 1.165) is 5.75 Å². The van der Waals surface area contributed by atoms with Crippen LogP contribution in [0.15, 0.2) is 71.3 Å². The molecule has 33 heavy (non-hydrogen) atoms. The van der Waals surface area contributed by atoms with Crippen molar-refractivity contribution in [3.63, 3.8) is 0 Å². The van der Waals surface area contributed by atoms with E-state index >= 15 is 0 Å². The van der Waals surface area contributed by atoms with Gasteiger partial charge in [-0.2, -0.15) is 5.10 Å². The van der Waals surface area contributed by atoms with Gasteiger partial charge in [0.2, 0.25) is 0 Å². The highest BCUT2D eigenvalue weighted by Gasteiger charge is 2.14. The van der Waals surface area contributed by atoms with Crippen LogP contribution >= 0.6 is 11.6 Å². The van der Waals surface area contributed by atoms with Crippen LogP contribution in [0.25, 0.3) is 0 Å². The minimum Gasteiger partial charge on any atom is -0.486 e. The average molecular weight is 468 g/mol. The number of benzene rings is 2. The van der Waals surface area contributed by atoms with E-state index in [2.05, 4.69) is 24.3 Å². The molecule has 1 amide bonds. The summed E-state index contributed by atoms with van der Waals surface area (Å²) >= 11 is 6.06. The Labute approximate surface area is 195 Å². The number of anilines is 1. The lowest BCUT2D eigenvalue weighted by atomic mass is 10.0. The summed E-state index contributed by atoms with van der Waals surface area (Å²) in [6.07, 6.45) is 1.63. The number of rotatable bonds is 8. The molecular weight excluding hydrogens is 445 g/mol.